The van der Waals surface area contributed by atoms with E-state index in [4.69, 9.17) is 5.73 Å². The lowest BCUT2D eigenvalue weighted by molar-refractivity contribution is 0.419. The van der Waals surface area contributed by atoms with Gasteiger partial charge >= 0.3 is 0 Å². The molecule has 1 atom stereocenters. The molecule has 1 aliphatic carbocycles. The van der Waals surface area contributed by atoms with Gasteiger partial charge in [0, 0.05) is 24.6 Å². The van der Waals surface area contributed by atoms with Gasteiger partial charge in [-0.05, 0) is 18.9 Å². The SMILES string of the molecule is C=CC(C)(CN)Cc1ccn(C2CCCC2)n1. The Morgan fingerprint density at radius 1 is 1.59 bits per heavy atom. The van der Waals surface area contributed by atoms with Crippen molar-refractivity contribution in [2.45, 2.75) is 45.1 Å². The van der Waals surface area contributed by atoms with E-state index >= 15 is 0 Å². The first-order valence-corrected chi connectivity index (χ1v) is 6.54. The molecule has 0 spiro atoms. The number of rotatable bonds is 5. The number of nitrogens with two attached hydrogens (primary N) is 1. The van der Waals surface area contributed by atoms with Gasteiger partial charge in [-0.1, -0.05) is 25.8 Å². The second kappa shape index (κ2) is 5.05. The van der Waals surface area contributed by atoms with Gasteiger partial charge in [0.2, 0.25) is 0 Å². The Hall–Kier alpha value is -1.09. The van der Waals surface area contributed by atoms with Crippen LogP contribution in [0.25, 0.3) is 0 Å². The molecule has 1 aliphatic rings. The van der Waals surface area contributed by atoms with E-state index in [0.29, 0.717) is 12.6 Å². The van der Waals surface area contributed by atoms with Gasteiger partial charge < -0.3 is 5.73 Å². The summed E-state index contributed by atoms with van der Waals surface area (Å²) in [5.74, 6) is 0. The second-order valence-corrected chi connectivity index (χ2v) is 5.46. The minimum Gasteiger partial charge on any atom is -0.330 e. The standard InChI is InChI=1S/C14H23N3/c1-3-14(2,11-15)10-12-8-9-17(16-12)13-6-4-5-7-13/h3,8-9,13H,1,4-7,10-11,15H2,2H3. The first-order valence-electron chi connectivity index (χ1n) is 6.54. The van der Waals surface area contributed by atoms with Gasteiger partial charge in [-0.15, -0.1) is 6.58 Å². The normalized spacial score (nSPS) is 20.4. The lowest BCUT2D eigenvalue weighted by atomic mass is 9.86. The third kappa shape index (κ3) is 2.78. The van der Waals surface area contributed by atoms with Crippen LogP contribution < -0.4 is 5.73 Å². The van der Waals surface area contributed by atoms with Crippen LogP contribution in [0.5, 0.6) is 0 Å². The third-order valence-electron chi connectivity index (χ3n) is 3.91. The Morgan fingerprint density at radius 3 is 2.88 bits per heavy atom. The van der Waals surface area contributed by atoms with Crippen molar-refractivity contribution in [3.63, 3.8) is 0 Å². The van der Waals surface area contributed by atoms with Crippen LogP contribution >= 0.6 is 0 Å². The van der Waals surface area contributed by atoms with E-state index < -0.39 is 0 Å². The first-order chi connectivity index (χ1) is 8.17. The molecular weight excluding hydrogens is 210 g/mol. The molecule has 0 aromatic carbocycles. The number of hydrogen-bond acceptors (Lipinski definition) is 2. The zero-order valence-electron chi connectivity index (χ0n) is 10.7. The van der Waals surface area contributed by atoms with Crippen LogP contribution in [-0.2, 0) is 6.42 Å². The monoisotopic (exact) mass is 233 g/mol. The van der Waals surface area contributed by atoms with E-state index in [1.807, 2.05) is 6.08 Å². The zero-order valence-corrected chi connectivity index (χ0v) is 10.7. The highest BCUT2D eigenvalue weighted by Gasteiger charge is 2.22. The number of nitrogens with zero attached hydrogens (tertiary/aromatic N) is 2. The van der Waals surface area contributed by atoms with Crippen molar-refractivity contribution in [1.29, 1.82) is 0 Å². The lowest BCUT2D eigenvalue weighted by Crippen LogP contribution is -2.27. The molecule has 1 unspecified atom stereocenters. The van der Waals surface area contributed by atoms with Crippen molar-refractivity contribution in [2.24, 2.45) is 11.1 Å². The summed E-state index contributed by atoms with van der Waals surface area (Å²) in [5.41, 5.74) is 6.89. The molecule has 0 bridgehead atoms. The van der Waals surface area contributed by atoms with Crippen molar-refractivity contribution in [3.8, 4) is 0 Å². The number of hydrogen-bond donors (Lipinski definition) is 1. The quantitative estimate of drug-likeness (QED) is 0.795. The summed E-state index contributed by atoms with van der Waals surface area (Å²) in [6.45, 7) is 6.62. The van der Waals surface area contributed by atoms with Gasteiger partial charge in [-0.3, -0.25) is 4.68 Å². The molecule has 1 saturated carbocycles. The lowest BCUT2D eigenvalue weighted by Gasteiger charge is -2.22. The molecule has 2 rings (SSSR count). The summed E-state index contributed by atoms with van der Waals surface area (Å²) in [4.78, 5) is 0. The summed E-state index contributed by atoms with van der Waals surface area (Å²) in [5, 5.41) is 4.69. The van der Waals surface area contributed by atoms with Crippen LogP contribution in [0.15, 0.2) is 24.9 Å². The fourth-order valence-electron chi connectivity index (χ4n) is 2.49. The molecule has 0 aliphatic heterocycles. The van der Waals surface area contributed by atoms with E-state index in [1.54, 1.807) is 0 Å². The molecular formula is C14H23N3. The van der Waals surface area contributed by atoms with Crippen molar-refractivity contribution in [3.05, 3.63) is 30.6 Å². The molecule has 3 nitrogen and oxygen atoms in total. The maximum Gasteiger partial charge on any atom is 0.0633 e. The van der Waals surface area contributed by atoms with E-state index in [0.717, 1.165) is 12.1 Å². The molecule has 1 fully saturated rings. The van der Waals surface area contributed by atoms with Crippen LogP contribution in [0.3, 0.4) is 0 Å². The topological polar surface area (TPSA) is 43.8 Å². The predicted octanol–water partition coefficient (Wildman–Crippen LogP) is 2.69. The molecule has 1 aromatic rings. The minimum atomic E-state index is -0.0329. The molecule has 3 heteroatoms. The van der Waals surface area contributed by atoms with E-state index in [1.165, 1.54) is 25.7 Å². The average Bonchev–Trinajstić information content (AvgIpc) is 2.98. The molecule has 2 N–H and O–H groups in total. The summed E-state index contributed by atoms with van der Waals surface area (Å²) in [6, 6.07) is 2.74. The number of aromatic nitrogens is 2. The summed E-state index contributed by atoms with van der Waals surface area (Å²) < 4.78 is 2.14. The van der Waals surface area contributed by atoms with Gasteiger partial charge in [-0.25, -0.2) is 0 Å². The van der Waals surface area contributed by atoms with Gasteiger partial charge in [0.1, 0.15) is 0 Å². The van der Waals surface area contributed by atoms with Crippen LogP contribution in [-0.4, -0.2) is 16.3 Å². The highest BCUT2D eigenvalue weighted by molar-refractivity contribution is 5.08. The first kappa shape index (κ1) is 12.4. The fourth-order valence-corrected chi connectivity index (χ4v) is 2.49. The molecule has 1 aromatic heterocycles. The van der Waals surface area contributed by atoms with Gasteiger partial charge in [0.25, 0.3) is 0 Å². The molecule has 17 heavy (non-hydrogen) atoms. The van der Waals surface area contributed by atoms with Gasteiger partial charge in [0.15, 0.2) is 0 Å². The third-order valence-corrected chi connectivity index (χ3v) is 3.91. The Bertz CT molecular complexity index is 377. The van der Waals surface area contributed by atoms with E-state index in [-0.39, 0.29) is 5.41 Å². The highest BCUT2D eigenvalue weighted by Crippen LogP contribution is 2.29. The Kier molecular flexibility index (Phi) is 3.67. The summed E-state index contributed by atoms with van der Waals surface area (Å²) >= 11 is 0. The van der Waals surface area contributed by atoms with Gasteiger partial charge in [0.05, 0.1) is 11.7 Å². The minimum absolute atomic E-state index is 0.0329. The van der Waals surface area contributed by atoms with E-state index in [2.05, 4.69) is 35.5 Å². The van der Waals surface area contributed by atoms with Crippen molar-refractivity contribution < 1.29 is 0 Å². The van der Waals surface area contributed by atoms with Crippen LogP contribution in [0.2, 0.25) is 0 Å². The zero-order chi connectivity index (χ0) is 12.3. The van der Waals surface area contributed by atoms with Crippen molar-refractivity contribution in [1.82, 2.24) is 9.78 Å². The Labute approximate surface area is 104 Å². The van der Waals surface area contributed by atoms with Crippen LogP contribution in [0.4, 0.5) is 0 Å². The average molecular weight is 233 g/mol. The van der Waals surface area contributed by atoms with E-state index in [9.17, 15) is 0 Å². The maximum atomic E-state index is 5.79. The molecule has 94 valence electrons. The molecule has 1 heterocycles. The molecule has 0 saturated heterocycles. The predicted molar refractivity (Wildman–Crippen MR) is 70.8 cm³/mol. The Balaban J connectivity index is 2.05. The van der Waals surface area contributed by atoms with Crippen LogP contribution in [0.1, 0.15) is 44.3 Å². The van der Waals surface area contributed by atoms with Crippen molar-refractivity contribution in [2.75, 3.05) is 6.54 Å². The highest BCUT2D eigenvalue weighted by atomic mass is 15.3. The largest absolute Gasteiger partial charge is 0.330 e. The fraction of sp³-hybridized carbons (Fsp3) is 0.643. The second-order valence-electron chi connectivity index (χ2n) is 5.46. The summed E-state index contributed by atoms with van der Waals surface area (Å²) in [7, 11) is 0. The molecule has 0 radical (unpaired) electrons. The van der Waals surface area contributed by atoms with Gasteiger partial charge in [-0.2, -0.15) is 5.10 Å². The van der Waals surface area contributed by atoms with Crippen molar-refractivity contribution >= 4 is 0 Å². The van der Waals surface area contributed by atoms with Crippen LogP contribution in [0, 0.1) is 5.41 Å². The maximum absolute atomic E-state index is 5.79. The smallest absolute Gasteiger partial charge is 0.0633 e. The molecule has 0 amide bonds. The Morgan fingerprint density at radius 2 is 2.29 bits per heavy atom. The summed E-state index contributed by atoms with van der Waals surface area (Å²) in [6.07, 6.45) is 10.2.